The van der Waals surface area contributed by atoms with E-state index in [4.69, 9.17) is 6.85 Å². The minimum atomic E-state index is -2.46. The zero-order valence-corrected chi connectivity index (χ0v) is 22.8. The van der Waals surface area contributed by atoms with Crippen LogP contribution in [0.1, 0.15) is 43.3 Å². The maximum atomic E-state index is 8.16. The molecule has 0 atom stereocenters. The summed E-state index contributed by atoms with van der Waals surface area (Å²) in [6, 6.07) is 25.5. The Morgan fingerprint density at radius 3 is 2.57 bits per heavy atom. The first-order valence-corrected chi connectivity index (χ1v) is 11.9. The molecule has 0 spiro atoms. The summed E-state index contributed by atoms with van der Waals surface area (Å²) in [4.78, 5) is 8.57. The first kappa shape index (κ1) is 20.3. The molecule has 0 amide bonds. The van der Waals surface area contributed by atoms with Gasteiger partial charge in [0.15, 0.2) is 0 Å². The first-order valence-electron chi connectivity index (χ1n) is 13.5. The quantitative estimate of drug-likeness (QED) is 0.199. The standard InChI is InChI=1S/C18H14NS.C13H14N.Ir/c1-14-10-11-17(19-12-14)16-8-3-2-6-15-7-4-5-9-18(15)20-13-16;1-10-3-6-12(7-4-10)13-8-5-11(2)9-14-13;/h2-7,9-13H,1H3;3-4,6,9H,5,8H2,1-2H3;/q2*-1;/i1D3,10D,11D;;. The van der Waals surface area contributed by atoms with Crippen molar-refractivity contribution >= 4 is 27.1 Å². The largest absolute Gasteiger partial charge is 0.309 e. The molecule has 0 bridgehead atoms. The van der Waals surface area contributed by atoms with E-state index >= 15 is 0 Å². The maximum Gasteiger partial charge on any atom is 0.0618 e. The molecule has 2 aromatic heterocycles. The van der Waals surface area contributed by atoms with Crippen molar-refractivity contribution in [3.8, 4) is 11.3 Å². The number of aliphatic imine (C=N–C) groups is 1. The molecule has 1 radical (unpaired) electrons. The minimum absolute atomic E-state index is 0. The molecule has 35 heavy (non-hydrogen) atoms. The number of hydrogen-bond donors (Lipinski definition) is 0. The number of rotatable bonds is 2. The second kappa shape index (κ2) is 13.3. The monoisotopic (exact) mass is 658 g/mol. The van der Waals surface area contributed by atoms with E-state index in [1.54, 1.807) is 6.07 Å². The van der Waals surface area contributed by atoms with E-state index in [-0.39, 0.29) is 43.4 Å². The number of aromatic nitrogens is 1. The zero-order valence-electron chi connectivity index (χ0n) is 24.6. The molecular formula is C31H28IrN2S-2. The summed E-state index contributed by atoms with van der Waals surface area (Å²) >= 11 is 1.47. The van der Waals surface area contributed by atoms with E-state index in [2.05, 4.69) is 48.1 Å². The third-order valence-electron chi connectivity index (χ3n) is 5.20. The summed E-state index contributed by atoms with van der Waals surface area (Å²) in [5.74, 6) is 0. The van der Waals surface area contributed by atoms with Gasteiger partial charge in [-0.1, -0.05) is 54.2 Å². The van der Waals surface area contributed by atoms with E-state index in [9.17, 15) is 0 Å². The van der Waals surface area contributed by atoms with Gasteiger partial charge in [0.05, 0.1) is 2.74 Å². The Bertz CT molecular complexity index is 1590. The van der Waals surface area contributed by atoms with Crippen molar-refractivity contribution in [3.05, 3.63) is 125 Å². The summed E-state index contributed by atoms with van der Waals surface area (Å²) in [7, 11) is 0. The average molecular weight is 658 g/mol. The molecule has 0 saturated carbocycles. The molecule has 3 heterocycles. The molecule has 0 N–H and O–H groups in total. The molecular weight excluding hydrogens is 625 g/mol. The van der Waals surface area contributed by atoms with Crippen LogP contribution in [0.5, 0.6) is 0 Å². The summed E-state index contributed by atoms with van der Waals surface area (Å²) in [6.07, 6.45) is 5.29. The van der Waals surface area contributed by atoms with E-state index in [1.165, 1.54) is 22.5 Å². The van der Waals surface area contributed by atoms with Crippen LogP contribution in [0.4, 0.5) is 0 Å². The van der Waals surface area contributed by atoms with Gasteiger partial charge in [-0.3, -0.25) is 0 Å². The van der Waals surface area contributed by atoms with E-state index in [0.717, 1.165) is 40.4 Å². The van der Waals surface area contributed by atoms with Crippen LogP contribution < -0.4 is 0 Å². The van der Waals surface area contributed by atoms with Crippen LogP contribution in [0, 0.1) is 25.9 Å². The molecule has 1 aliphatic rings. The molecule has 0 fully saturated rings. The number of pyridine rings is 1. The number of aryl methyl sites for hydroxylation is 2. The van der Waals surface area contributed by atoms with Crippen LogP contribution in [0.3, 0.4) is 0 Å². The topological polar surface area (TPSA) is 25.2 Å². The molecule has 5 rings (SSSR count). The van der Waals surface area contributed by atoms with Crippen LogP contribution in [0.15, 0.2) is 101 Å². The Balaban J connectivity index is 0.000000250. The summed E-state index contributed by atoms with van der Waals surface area (Å²) < 4.78 is 39.5. The van der Waals surface area contributed by atoms with Crippen molar-refractivity contribution in [2.45, 2.75) is 33.5 Å². The van der Waals surface area contributed by atoms with Crippen molar-refractivity contribution < 1.29 is 27.0 Å². The molecule has 0 saturated heterocycles. The van der Waals surface area contributed by atoms with Gasteiger partial charge in [0.2, 0.25) is 0 Å². The van der Waals surface area contributed by atoms with Crippen LogP contribution in [0.2, 0.25) is 0 Å². The first-order chi connectivity index (χ1) is 18.6. The van der Waals surface area contributed by atoms with Crippen LogP contribution in [-0.4, -0.2) is 10.7 Å². The van der Waals surface area contributed by atoms with Gasteiger partial charge < -0.3 is 9.98 Å². The zero-order chi connectivity index (χ0) is 28.0. The van der Waals surface area contributed by atoms with Gasteiger partial charge in [-0.05, 0) is 55.0 Å². The molecule has 2 aromatic carbocycles. The number of allylic oxidation sites excluding steroid dienone is 1. The third-order valence-corrected chi connectivity index (χ3v) is 6.18. The fourth-order valence-electron chi connectivity index (χ4n) is 3.27. The van der Waals surface area contributed by atoms with Crippen molar-refractivity contribution in [1.82, 2.24) is 4.98 Å². The van der Waals surface area contributed by atoms with Gasteiger partial charge in [0.25, 0.3) is 0 Å². The van der Waals surface area contributed by atoms with Gasteiger partial charge in [-0.25, -0.2) is 0 Å². The van der Waals surface area contributed by atoms with E-state index in [1.807, 2.05) is 54.0 Å². The fourth-order valence-corrected chi connectivity index (χ4v) is 4.13. The van der Waals surface area contributed by atoms with Crippen molar-refractivity contribution in [1.29, 1.82) is 0 Å². The molecule has 4 aromatic rings. The normalized spacial score (nSPS) is 14.7. The van der Waals surface area contributed by atoms with E-state index in [0.29, 0.717) is 5.56 Å². The van der Waals surface area contributed by atoms with Gasteiger partial charge in [-0.2, -0.15) is 11.3 Å². The Labute approximate surface area is 233 Å². The van der Waals surface area contributed by atoms with Crippen LogP contribution in [-0.2, 0) is 20.1 Å². The fraction of sp³-hybridized carbons (Fsp3) is 0.161. The smallest absolute Gasteiger partial charge is 0.0618 e. The van der Waals surface area contributed by atoms with E-state index < -0.39 is 6.85 Å². The minimum Gasteiger partial charge on any atom is -0.309 e. The second-order valence-electron chi connectivity index (χ2n) is 7.96. The number of nitrogens with zero attached hydrogens (tertiary/aromatic N) is 2. The Morgan fingerprint density at radius 1 is 0.943 bits per heavy atom. The summed E-state index contributed by atoms with van der Waals surface area (Å²) in [5.41, 5.74) is 5.48. The molecule has 0 aliphatic carbocycles. The number of benzene rings is 2. The van der Waals surface area contributed by atoms with Crippen molar-refractivity contribution in [3.63, 3.8) is 0 Å². The van der Waals surface area contributed by atoms with Gasteiger partial charge in [0.1, 0.15) is 0 Å². The third kappa shape index (κ3) is 7.80. The van der Waals surface area contributed by atoms with Gasteiger partial charge in [-0.15, -0.1) is 59.2 Å². The predicted octanol–water partition coefficient (Wildman–Crippen LogP) is 8.48. The van der Waals surface area contributed by atoms with Gasteiger partial charge in [0, 0.05) is 41.3 Å². The second-order valence-corrected chi connectivity index (χ2v) is 8.87. The van der Waals surface area contributed by atoms with Gasteiger partial charge >= 0.3 is 0 Å². The van der Waals surface area contributed by atoms with Crippen LogP contribution >= 0.6 is 11.3 Å². The molecule has 1 aliphatic heterocycles. The average Bonchev–Trinajstić information content (AvgIpc) is 3.01. The van der Waals surface area contributed by atoms with Crippen molar-refractivity contribution in [2.75, 3.05) is 0 Å². The number of fused-ring (bicyclic) bond motifs is 1. The predicted molar refractivity (Wildman–Crippen MR) is 146 cm³/mol. The molecule has 4 heteroatoms. The van der Waals surface area contributed by atoms with Crippen molar-refractivity contribution in [2.24, 2.45) is 4.99 Å². The SMILES string of the molecule is CC1=CN=C(c2[c-]cc(C)cc2)CC1.[2H]c1c(C([2H])([2H])[2H])cnc(-c2[c-]cccc3ccccc3sc2)c1[2H].[Ir]. The summed E-state index contributed by atoms with van der Waals surface area (Å²) in [5, 5.41) is 2.89. The maximum absolute atomic E-state index is 8.16. The number of hydrogen-bond acceptors (Lipinski definition) is 3. The molecule has 2 nitrogen and oxygen atoms in total. The Hall–Kier alpha value is -2.91. The Morgan fingerprint density at radius 2 is 1.80 bits per heavy atom. The summed E-state index contributed by atoms with van der Waals surface area (Å²) in [6.45, 7) is 1.74. The molecule has 0 unspecified atom stereocenters. The molecule has 179 valence electrons. The Kier molecular flexibility index (Phi) is 7.68. The van der Waals surface area contributed by atoms with Crippen LogP contribution in [0.25, 0.3) is 21.3 Å².